The van der Waals surface area contributed by atoms with Crippen LogP contribution in [0.3, 0.4) is 0 Å². The van der Waals surface area contributed by atoms with Crippen molar-refractivity contribution in [2.75, 3.05) is 17.3 Å². The van der Waals surface area contributed by atoms with E-state index >= 15 is 0 Å². The van der Waals surface area contributed by atoms with Crippen LogP contribution in [0.5, 0.6) is 0 Å². The second-order valence-corrected chi connectivity index (χ2v) is 8.38. The van der Waals surface area contributed by atoms with Gasteiger partial charge in [0.15, 0.2) is 0 Å². The molecule has 0 saturated heterocycles. The van der Waals surface area contributed by atoms with E-state index in [1.807, 2.05) is 69.5 Å². The van der Waals surface area contributed by atoms with Gasteiger partial charge in [-0.15, -0.1) is 11.8 Å². The Morgan fingerprint density at radius 3 is 2.53 bits per heavy atom. The summed E-state index contributed by atoms with van der Waals surface area (Å²) in [5.41, 5.74) is 11.8. The quantitative estimate of drug-likeness (QED) is 0.419. The number of rotatable bonds is 6. The number of hydrogen-bond donors (Lipinski definition) is 2. The van der Waals surface area contributed by atoms with Gasteiger partial charge in [0.2, 0.25) is 11.7 Å². The Balaban J connectivity index is 1.58. The summed E-state index contributed by atoms with van der Waals surface area (Å²) in [6.07, 6.45) is 1.88. The minimum atomic E-state index is -0.226. The molecule has 8 nitrogen and oxygen atoms in total. The lowest BCUT2D eigenvalue weighted by Crippen LogP contribution is -2.21. The highest BCUT2D eigenvalue weighted by molar-refractivity contribution is 7.98. The second-order valence-electron chi connectivity index (χ2n) is 7.58. The zero-order valence-corrected chi connectivity index (χ0v) is 19.2. The summed E-state index contributed by atoms with van der Waals surface area (Å²) in [6, 6.07) is 13.7. The predicted octanol–water partition coefficient (Wildman–Crippen LogP) is 4.47. The molecule has 9 heteroatoms. The third kappa shape index (κ3) is 4.38. The molecule has 0 spiro atoms. The van der Waals surface area contributed by atoms with E-state index in [4.69, 9.17) is 10.3 Å². The molecule has 0 radical (unpaired) electrons. The van der Waals surface area contributed by atoms with Gasteiger partial charge in [0, 0.05) is 11.3 Å². The van der Waals surface area contributed by atoms with E-state index in [1.165, 1.54) is 16.4 Å². The second kappa shape index (κ2) is 8.88. The SMILES string of the molecule is CSc1nn(CC(=O)Nc2ccc(C)cc2C)c(N)c1-c1nc(-c2ccc(C)cc2)no1. The fourth-order valence-electron chi connectivity index (χ4n) is 3.34. The van der Waals surface area contributed by atoms with Crippen LogP contribution >= 0.6 is 11.8 Å². The Bertz CT molecular complexity index is 1280. The third-order valence-electron chi connectivity index (χ3n) is 5.05. The van der Waals surface area contributed by atoms with E-state index in [1.54, 1.807) is 0 Å². The minimum absolute atomic E-state index is 0.0360. The molecule has 4 rings (SSSR count). The van der Waals surface area contributed by atoms with Crippen molar-refractivity contribution < 1.29 is 9.32 Å². The maximum Gasteiger partial charge on any atom is 0.264 e. The Labute approximate surface area is 190 Å². The average Bonchev–Trinajstić information content (AvgIpc) is 3.35. The van der Waals surface area contributed by atoms with E-state index in [-0.39, 0.29) is 18.3 Å². The molecule has 0 aliphatic heterocycles. The highest BCUT2D eigenvalue weighted by atomic mass is 32.2. The standard InChI is InChI=1S/C23H24N6O2S/c1-13-5-8-16(9-6-13)21-26-22(31-28-21)19-20(24)29(27-23(19)32-4)12-18(30)25-17-10-7-14(2)11-15(17)3/h5-11H,12,24H2,1-4H3,(H,25,30). The van der Waals surface area contributed by atoms with Gasteiger partial charge >= 0.3 is 0 Å². The van der Waals surface area contributed by atoms with Crippen molar-refractivity contribution in [2.24, 2.45) is 0 Å². The summed E-state index contributed by atoms with van der Waals surface area (Å²) in [5, 5.41) is 12.1. The molecule has 0 bridgehead atoms. The normalized spacial score (nSPS) is 11.0. The zero-order chi connectivity index (χ0) is 22.8. The minimum Gasteiger partial charge on any atom is -0.383 e. The number of thioether (sulfide) groups is 1. The zero-order valence-electron chi connectivity index (χ0n) is 18.3. The van der Waals surface area contributed by atoms with Crippen molar-refractivity contribution in [3.05, 3.63) is 59.2 Å². The lowest BCUT2D eigenvalue weighted by atomic mass is 10.1. The molecule has 2 aromatic heterocycles. The maximum absolute atomic E-state index is 12.6. The van der Waals surface area contributed by atoms with Crippen molar-refractivity contribution in [3.63, 3.8) is 0 Å². The van der Waals surface area contributed by atoms with Crippen LogP contribution in [0, 0.1) is 20.8 Å². The molecule has 0 aliphatic rings. The van der Waals surface area contributed by atoms with Crippen LogP contribution in [0.1, 0.15) is 16.7 Å². The highest BCUT2D eigenvalue weighted by Gasteiger charge is 2.24. The lowest BCUT2D eigenvalue weighted by Gasteiger charge is -2.10. The van der Waals surface area contributed by atoms with Crippen molar-refractivity contribution in [1.82, 2.24) is 19.9 Å². The Morgan fingerprint density at radius 2 is 1.84 bits per heavy atom. The summed E-state index contributed by atoms with van der Waals surface area (Å²) in [5.74, 6) is 0.802. The Morgan fingerprint density at radius 1 is 1.12 bits per heavy atom. The Hall–Kier alpha value is -3.59. The van der Waals surface area contributed by atoms with Crippen LogP contribution in [0.2, 0.25) is 0 Å². The van der Waals surface area contributed by atoms with Crippen molar-refractivity contribution in [1.29, 1.82) is 0 Å². The topological polar surface area (TPSA) is 112 Å². The molecule has 32 heavy (non-hydrogen) atoms. The van der Waals surface area contributed by atoms with Crippen molar-refractivity contribution in [3.8, 4) is 22.8 Å². The molecule has 4 aromatic rings. The van der Waals surface area contributed by atoms with E-state index in [9.17, 15) is 4.79 Å². The first-order valence-corrected chi connectivity index (χ1v) is 11.3. The average molecular weight is 449 g/mol. The van der Waals surface area contributed by atoms with Crippen LogP contribution in [0.25, 0.3) is 22.8 Å². The van der Waals surface area contributed by atoms with Crippen molar-refractivity contribution >= 4 is 29.2 Å². The van der Waals surface area contributed by atoms with Gasteiger partial charge in [0.25, 0.3) is 5.89 Å². The Kier molecular flexibility index (Phi) is 6.00. The third-order valence-corrected chi connectivity index (χ3v) is 5.72. The summed E-state index contributed by atoms with van der Waals surface area (Å²) >= 11 is 1.40. The molecule has 0 fully saturated rings. The van der Waals surface area contributed by atoms with Gasteiger partial charge in [0.05, 0.1) is 0 Å². The van der Waals surface area contributed by atoms with E-state index < -0.39 is 0 Å². The fraction of sp³-hybridized carbons (Fsp3) is 0.217. The van der Waals surface area contributed by atoms with E-state index in [2.05, 4.69) is 20.6 Å². The molecule has 2 heterocycles. The fourth-order valence-corrected chi connectivity index (χ4v) is 3.92. The first-order chi connectivity index (χ1) is 15.4. The number of hydrogen-bond acceptors (Lipinski definition) is 7. The molecule has 0 unspecified atom stereocenters. The number of nitrogens with two attached hydrogens (primary N) is 1. The number of carbonyl (C=O) groups excluding carboxylic acids is 1. The predicted molar refractivity (Wildman–Crippen MR) is 126 cm³/mol. The molecular weight excluding hydrogens is 424 g/mol. The van der Waals surface area contributed by atoms with Crippen LogP contribution in [0.15, 0.2) is 52.0 Å². The van der Waals surface area contributed by atoms with Gasteiger partial charge in [-0.1, -0.05) is 52.7 Å². The van der Waals surface area contributed by atoms with Crippen LogP contribution in [-0.2, 0) is 11.3 Å². The van der Waals surface area contributed by atoms with Gasteiger partial charge in [-0.3, -0.25) is 4.79 Å². The van der Waals surface area contributed by atoms with Gasteiger partial charge in [-0.2, -0.15) is 10.1 Å². The molecule has 0 atom stereocenters. The number of carbonyl (C=O) groups is 1. The van der Waals surface area contributed by atoms with Gasteiger partial charge in [-0.25, -0.2) is 4.68 Å². The number of nitrogen functional groups attached to an aromatic ring is 1. The smallest absolute Gasteiger partial charge is 0.264 e. The number of nitrogens with zero attached hydrogens (tertiary/aromatic N) is 4. The van der Waals surface area contributed by atoms with Crippen LogP contribution in [0.4, 0.5) is 11.5 Å². The van der Waals surface area contributed by atoms with Gasteiger partial charge < -0.3 is 15.6 Å². The summed E-state index contributed by atoms with van der Waals surface area (Å²) in [6.45, 7) is 5.94. The number of benzene rings is 2. The summed E-state index contributed by atoms with van der Waals surface area (Å²) < 4.78 is 6.95. The number of anilines is 2. The number of amides is 1. The molecule has 3 N–H and O–H groups in total. The maximum atomic E-state index is 12.6. The molecule has 2 aromatic carbocycles. The molecule has 164 valence electrons. The first-order valence-electron chi connectivity index (χ1n) is 10.0. The van der Waals surface area contributed by atoms with Gasteiger partial charge in [-0.05, 0) is 38.7 Å². The lowest BCUT2D eigenvalue weighted by molar-refractivity contribution is -0.116. The van der Waals surface area contributed by atoms with Crippen molar-refractivity contribution in [2.45, 2.75) is 32.3 Å². The largest absolute Gasteiger partial charge is 0.383 e. The number of aryl methyl sites for hydroxylation is 3. The molecule has 0 saturated carbocycles. The van der Waals surface area contributed by atoms with Gasteiger partial charge in [0.1, 0.15) is 23.0 Å². The highest BCUT2D eigenvalue weighted by Crippen LogP contribution is 2.35. The van der Waals surface area contributed by atoms with Crippen LogP contribution < -0.4 is 11.1 Å². The van der Waals surface area contributed by atoms with E-state index in [0.29, 0.717) is 22.2 Å². The number of nitrogens with one attached hydrogen (secondary N) is 1. The summed E-state index contributed by atoms with van der Waals surface area (Å²) in [7, 11) is 0. The summed E-state index contributed by atoms with van der Waals surface area (Å²) in [4.78, 5) is 17.2. The first kappa shape index (κ1) is 21.6. The van der Waals surface area contributed by atoms with Crippen LogP contribution in [-0.4, -0.2) is 32.1 Å². The monoisotopic (exact) mass is 448 g/mol. The molecule has 0 aliphatic carbocycles. The number of aromatic nitrogens is 4. The molecular formula is C23H24N6O2S. The molecule has 1 amide bonds. The van der Waals surface area contributed by atoms with E-state index in [0.717, 1.165) is 27.9 Å².